The number of hydrogen-bond donors (Lipinski definition) is 1. The van der Waals surface area contributed by atoms with Crippen molar-refractivity contribution in [3.63, 3.8) is 0 Å². The largest absolute Gasteiger partial charge is 0.417 e. The number of pyridine rings is 1. The first-order valence-corrected chi connectivity index (χ1v) is 12.8. The van der Waals surface area contributed by atoms with Gasteiger partial charge in [0, 0.05) is 45.3 Å². The van der Waals surface area contributed by atoms with E-state index in [4.69, 9.17) is 0 Å². The molecule has 2 aromatic rings. The van der Waals surface area contributed by atoms with E-state index >= 15 is 0 Å². The number of rotatable bonds is 6. The second-order valence-corrected chi connectivity index (χ2v) is 10.3. The van der Waals surface area contributed by atoms with Crippen LogP contribution in [0.1, 0.15) is 36.0 Å². The Morgan fingerprint density at radius 1 is 1.00 bits per heavy atom. The van der Waals surface area contributed by atoms with Gasteiger partial charge in [0.25, 0.3) is 0 Å². The number of sulfonamides is 1. The summed E-state index contributed by atoms with van der Waals surface area (Å²) in [5.41, 5.74) is 1.47. The highest BCUT2D eigenvalue weighted by Crippen LogP contribution is 2.29. The van der Waals surface area contributed by atoms with Crippen LogP contribution in [0.15, 0.2) is 41.4 Å². The van der Waals surface area contributed by atoms with E-state index in [0.29, 0.717) is 32.0 Å². The first-order chi connectivity index (χ1) is 16.1. The van der Waals surface area contributed by atoms with E-state index in [2.05, 4.69) is 9.71 Å². The Hall–Kier alpha value is -2.66. The second kappa shape index (κ2) is 9.91. The molecule has 4 rings (SSSR count). The van der Waals surface area contributed by atoms with Crippen molar-refractivity contribution in [1.82, 2.24) is 14.6 Å². The van der Waals surface area contributed by atoms with Gasteiger partial charge in [0.15, 0.2) is 0 Å². The Labute approximate surface area is 197 Å². The Kier molecular flexibility index (Phi) is 7.13. The zero-order valence-corrected chi connectivity index (χ0v) is 19.5. The van der Waals surface area contributed by atoms with E-state index in [9.17, 15) is 26.4 Å². The van der Waals surface area contributed by atoms with Crippen LogP contribution in [0.4, 0.5) is 19.0 Å². The number of aromatic nitrogens is 1. The number of anilines is 1. The van der Waals surface area contributed by atoms with Gasteiger partial charge in [-0.2, -0.15) is 13.2 Å². The Balaban J connectivity index is 1.25. The summed E-state index contributed by atoms with van der Waals surface area (Å²) in [5.74, 6) is 0.256. The van der Waals surface area contributed by atoms with Gasteiger partial charge < -0.3 is 9.80 Å². The molecular weight excluding hydrogens is 469 g/mol. The van der Waals surface area contributed by atoms with Crippen molar-refractivity contribution in [2.24, 2.45) is 0 Å². The van der Waals surface area contributed by atoms with Gasteiger partial charge in [0.05, 0.1) is 10.5 Å². The van der Waals surface area contributed by atoms with Crippen LogP contribution in [0, 0.1) is 0 Å². The highest BCUT2D eigenvalue weighted by molar-refractivity contribution is 7.89. The molecule has 0 unspecified atom stereocenters. The zero-order chi connectivity index (χ0) is 24.3. The van der Waals surface area contributed by atoms with Gasteiger partial charge in [-0.15, -0.1) is 0 Å². The number of halogens is 3. The van der Waals surface area contributed by atoms with Crippen molar-refractivity contribution in [3.8, 4) is 0 Å². The van der Waals surface area contributed by atoms with Crippen molar-refractivity contribution >= 4 is 21.7 Å². The third-order valence-corrected chi connectivity index (χ3v) is 7.75. The van der Waals surface area contributed by atoms with Gasteiger partial charge in [-0.25, -0.2) is 18.1 Å². The number of aryl methyl sites for hydroxylation is 2. The number of fused-ring (bicyclic) bond motifs is 1. The van der Waals surface area contributed by atoms with Crippen LogP contribution in [-0.2, 0) is 33.8 Å². The molecule has 2 aliphatic rings. The maximum atomic E-state index is 12.7. The smallest absolute Gasteiger partial charge is 0.353 e. The summed E-state index contributed by atoms with van der Waals surface area (Å²) in [6.45, 7) is 1.65. The molecule has 0 bridgehead atoms. The SMILES string of the molecule is O=C(CCNS(=O)(=O)c1ccc2c(c1)CCCC2)N1CCN(c2ccc(C(F)(F)F)cn2)CC1. The van der Waals surface area contributed by atoms with Crippen molar-refractivity contribution in [2.45, 2.75) is 43.2 Å². The molecular formula is C23H27F3N4O3S. The normalized spacial score (nSPS) is 16.9. The third kappa shape index (κ3) is 5.69. The topological polar surface area (TPSA) is 82.6 Å². The molecule has 0 radical (unpaired) electrons. The van der Waals surface area contributed by atoms with E-state index in [-0.39, 0.29) is 23.8 Å². The Bertz CT molecular complexity index is 1130. The molecule has 1 aliphatic heterocycles. The Morgan fingerprint density at radius 2 is 1.71 bits per heavy atom. The number of hydrogen-bond acceptors (Lipinski definition) is 5. The first kappa shape index (κ1) is 24.5. The van der Waals surface area contributed by atoms with Crippen LogP contribution in [0.25, 0.3) is 0 Å². The minimum absolute atomic E-state index is 0.00107. The predicted molar refractivity (Wildman–Crippen MR) is 121 cm³/mol. The third-order valence-electron chi connectivity index (χ3n) is 6.29. The lowest BCUT2D eigenvalue weighted by Crippen LogP contribution is -2.49. The molecule has 0 atom stereocenters. The fourth-order valence-electron chi connectivity index (χ4n) is 4.34. The zero-order valence-electron chi connectivity index (χ0n) is 18.6. The summed E-state index contributed by atoms with van der Waals surface area (Å²) in [4.78, 5) is 20.1. The van der Waals surface area contributed by atoms with E-state index < -0.39 is 21.8 Å². The number of alkyl halides is 3. The van der Waals surface area contributed by atoms with Crippen LogP contribution in [0.5, 0.6) is 0 Å². The van der Waals surface area contributed by atoms with Crippen molar-refractivity contribution in [1.29, 1.82) is 0 Å². The lowest BCUT2D eigenvalue weighted by atomic mass is 9.92. The molecule has 1 fully saturated rings. The molecule has 1 aliphatic carbocycles. The number of amides is 1. The van der Waals surface area contributed by atoms with Crippen LogP contribution >= 0.6 is 0 Å². The van der Waals surface area contributed by atoms with Crippen LogP contribution in [0.2, 0.25) is 0 Å². The quantitative estimate of drug-likeness (QED) is 0.665. The van der Waals surface area contributed by atoms with Crippen LogP contribution in [-0.4, -0.2) is 56.9 Å². The summed E-state index contributed by atoms with van der Waals surface area (Å²) in [5, 5.41) is 0. The molecule has 1 amide bonds. The minimum Gasteiger partial charge on any atom is -0.353 e. The van der Waals surface area contributed by atoms with Gasteiger partial charge in [-0.3, -0.25) is 4.79 Å². The van der Waals surface area contributed by atoms with Crippen LogP contribution < -0.4 is 9.62 Å². The van der Waals surface area contributed by atoms with Crippen molar-refractivity contribution < 1.29 is 26.4 Å². The summed E-state index contributed by atoms with van der Waals surface area (Å²) in [6, 6.07) is 7.54. The highest BCUT2D eigenvalue weighted by atomic mass is 32.2. The standard InChI is InChI=1S/C23H27F3N4O3S/c24-23(25,26)19-6-8-21(27-16-19)29-11-13-30(14-12-29)22(31)9-10-28-34(32,33)20-7-5-17-3-1-2-4-18(17)15-20/h5-8,15-16,28H,1-4,9-14H2. The molecule has 1 aromatic heterocycles. The van der Waals surface area contributed by atoms with Gasteiger partial charge >= 0.3 is 6.18 Å². The lowest BCUT2D eigenvalue weighted by molar-refractivity contribution is -0.137. The molecule has 184 valence electrons. The minimum atomic E-state index is -4.43. The lowest BCUT2D eigenvalue weighted by Gasteiger charge is -2.35. The fraction of sp³-hybridized carbons (Fsp3) is 0.478. The average molecular weight is 497 g/mol. The average Bonchev–Trinajstić information content (AvgIpc) is 2.83. The molecule has 34 heavy (non-hydrogen) atoms. The molecule has 1 saturated heterocycles. The van der Waals surface area contributed by atoms with Crippen molar-refractivity contribution in [3.05, 3.63) is 53.2 Å². The van der Waals surface area contributed by atoms with E-state index in [0.717, 1.165) is 43.5 Å². The van der Waals surface area contributed by atoms with Crippen molar-refractivity contribution in [2.75, 3.05) is 37.6 Å². The maximum Gasteiger partial charge on any atom is 0.417 e. The fourth-order valence-corrected chi connectivity index (χ4v) is 5.42. The first-order valence-electron chi connectivity index (χ1n) is 11.3. The summed E-state index contributed by atoms with van der Waals surface area (Å²) >= 11 is 0. The number of benzene rings is 1. The van der Waals surface area contributed by atoms with E-state index in [1.165, 1.54) is 11.6 Å². The summed E-state index contributed by atoms with van der Waals surface area (Å²) in [6.07, 6.45) is 0.433. The van der Waals surface area contributed by atoms with Gasteiger partial charge in [-0.1, -0.05) is 6.07 Å². The Morgan fingerprint density at radius 3 is 2.35 bits per heavy atom. The number of nitrogens with one attached hydrogen (secondary N) is 1. The summed E-state index contributed by atoms with van der Waals surface area (Å²) in [7, 11) is -3.70. The number of nitrogens with zero attached hydrogens (tertiary/aromatic N) is 3. The second-order valence-electron chi connectivity index (χ2n) is 8.56. The monoisotopic (exact) mass is 496 g/mol. The number of piperazine rings is 1. The maximum absolute atomic E-state index is 12.7. The van der Waals surface area contributed by atoms with E-state index in [1.807, 2.05) is 11.0 Å². The predicted octanol–water partition coefficient (Wildman–Crippen LogP) is 3.00. The molecule has 7 nitrogen and oxygen atoms in total. The summed E-state index contributed by atoms with van der Waals surface area (Å²) < 4.78 is 65.9. The van der Waals surface area contributed by atoms with Gasteiger partial charge in [-0.05, 0) is 61.1 Å². The molecule has 1 aromatic carbocycles. The highest BCUT2D eigenvalue weighted by Gasteiger charge is 2.31. The molecule has 1 N–H and O–H groups in total. The number of carbonyl (C=O) groups excluding carboxylic acids is 1. The molecule has 2 heterocycles. The molecule has 0 spiro atoms. The molecule has 11 heteroatoms. The van der Waals surface area contributed by atoms with Crippen LogP contribution in [0.3, 0.4) is 0 Å². The van der Waals surface area contributed by atoms with Gasteiger partial charge in [0.1, 0.15) is 5.82 Å². The van der Waals surface area contributed by atoms with Gasteiger partial charge in [0.2, 0.25) is 15.9 Å². The number of carbonyl (C=O) groups is 1. The molecule has 0 saturated carbocycles. The van der Waals surface area contributed by atoms with E-state index in [1.54, 1.807) is 17.0 Å².